The maximum absolute atomic E-state index is 6.43. The zero-order valence-electron chi connectivity index (χ0n) is 15.7. The molecule has 0 unspecified atom stereocenters. The molecule has 2 atom stereocenters. The minimum atomic E-state index is -0.387. The molecule has 1 aromatic heterocycles. The maximum Gasteiger partial charge on any atom is 0.230 e. The van der Waals surface area contributed by atoms with Crippen LogP contribution in [0.5, 0.6) is 11.5 Å². The van der Waals surface area contributed by atoms with Gasteiger partial charge >= 0.3 is 0 Å². The second kappa shape index (κ2) is 7.00. The first-order valence-corrected chi connectivity index (χ1v) is 9.59. The third kappa shape index (κ3) is 2.80. The third-order valence-electron chi connectivity index (χ3n) is 5.13. The van der Waals surface area contributed by atoms with Crippen molar-refractivity contribution in [3.05, 3.63) is 89.7 Å². The molecule has 0 bridgehead atoms. The number of ether oxygens (including phenoxy) is 2. The molecular weight excluding hydrogens is 350 g/mol. The second-order valence-electron chi connectivity index (χ2n) is 6.84. The highest BCUT2D eigenvalue weighted by Gasteiger charge is 2.42. The molecule has 0 spiro atoms. The van der Waals surface area contributed by atoms with Gasteiger partial charge in [-0.05, 0) is 30.7 Å². The Labute approximate surface area is 164 Å². The Morgan fingerprint density at radius 2 is 1.89 bits per heavy atom. The number of benzene rings is 2. The lowest BCUT2D eigenvalue weighted by atomic mass is 9.96. The van der Waals surface area contributed by atoms with Gasteiger partial charge in [-0.3, -0.25) is 4.98 Å². The van der Waals surface area contributed by atoms with Crippen LogP contribution in [0, 0.1) is 0 Å². The zero-order chi connectivity index (χ0) is 18.9. The third-order valence-corrected chi connectivity index (χ3v) is 5.13. The fourth-order valence-corrected chi connectivity index (χ4v) is 3.88. The van der Waals surface area contributed by atoms with E-state index in [2.05, 4.69) is 23.2 Å². The first kappa shape index (κ1) is 16.8. The molecule has 0 saturated heterocycles. The van der Waals surface area contributed by atoms with E-state index in [9.17, 15) is 0 Å². The summed E-state index contributed by atoms with van der Waals surface area (Å²) < 4.78 is 12.3. The normalized spacial score (nSPS) is 20.0. The van der Waals surface area contributed by atoms with Crippen molar-refractivity contribution in [1.82, 2.24) is 9.99 Å². The van der Waals surface area contributed by atoms with Crippen molar-refractivity contribution in [3.8, 4) is 11.5 Å². The molecule has 2 aliphatic heterocycles. The summed E-state index contributed by atoms with van der Waals surface area (Å²) in [6, 6.07) is 22.4. The molecule has 140 valence electrons. The van der Waals surface area contributed by atoms with Crippen LogP contribution >= 0.6 is 0 Å². The van der Waals surface area contributed by atoms with Gasteiger partial charge in [0.15, 0.2) is 11.5 Å². The van der Waals surface area contributed by atoms with Crippen molar-refractivity contribution < 1.29 is 9.47 Å². The Kier molecular flexibility index (Phi) is 4.20. The van der Waals surface area contributed by atoms with E-state index in [1.807, 2.05) is 60.5 Å². The topological polar surface area (TPSA) is 47.0 Å². The summed E-state index contributed by atoms with van der Waals surface area (Å²) in [5.41, 5.74) is 4.14. The molecule has 0 radical (unpaired) electrons. The van der Waals surface area contributed by atoms with Crippen LogP contribution in [-0.2, 0) is 0 Å². The SMILES string of the molecule is CCOc1cccc2c1O[C@@H](c1ccccn1)N1N=C(c3ccccc3)C[C@@H]21. The highest BCUT2D eigenvalue weighted by molar-refractivity contribution is 6.01. The minimum Gasteiger partial charge on any atom is -0.490 e. The molecule has 0 N–H and O–H groups in total. The predicted octanol–water partition coefficient (Wildman–Crippen LogP) is 4.72. The summed E-state index contributed by atoms with van der Waals surface area (Å²) in [5.74, 6) is 1.57. The molecule has 3 heterocycles. The Hall–Kier alpha value is -3.34. The number of aromatic nitrogens is 1. The maximum atomic E-state index is 6.43. The average Bonchev–Trinajstić information content (AvgIpc) is 3.21. The molecule has 0 amide bonds. The van der Waals surface area contributed by atoms with Crippen LogP contribution in [0.4, 0.5) is 0 Å². The first-order chi connectivity index (χ1) is 13.8. The van der Waals surface area contributed by atoms with Gasteiger partial charge in [-0.15, -0.1) is 0 Å². The van der Waals surface area contributed by atoms with Gasteiger partial charge in [-0.2, -0.15) is 5.10 Å². The second-order valence-corrected chi connectivity index (χ2v) is 6.84. The van der Waals surface area contributed by atoms with E-state index in [1.165, 1.54) is 0 Å². The molecule has 0 saturated carbocycles. The standard InChI is InChI=1S/C23H21N3O2/c1-2-27-21-13-8-11-17-20-15-19(16-9-4-3-5-10-16)25-26(20)23(28-22(17)21)18-12-6-7-14-24-18/h3-14,20,23H,2,15H2,1H3/t20-,23-/m0/s1. The quantitative estimate of drug-likeness (QED) is 0.666. The molecule has 0 aliphatic carbocycles. The van der Waals surface area contributed by atoms with Crippen molar-refractivity contribution in [2.45, 2.75) is 25.6 Å². The summed E-state index contributed by atoms with van der Waals surface area (Å²) >= 11 is 0. The van der Waals surface area contributed by atoms with Gasteiger partial charge in [0, 0.05) is 18.2 Å². The van der Waals surface area contributed by atoms with Crippen molar-refractivity contribution in [2.75, 3.05) is 6.61 Å². The van der Waals surface area contributed by atoms with Gasteiger partial charge in [-0.1, -0.05) is 48.5 Å². The van der Waals surface area contributed by atoms with E-state index in [0.29, 0.717) is 6.61 Å². The van der Waals surface area contributed by atoms with Crippen LogP contribution in [0.25, 0.3) is 0 Å². The van der Waals surface area contributed by atoms with Gasteiger partial charge in [0.1, 0.15) is 5.69 Å². The van der Waals surface area contributed by atoms with Gasteiger partial charge in [0.2, 0.25) is 6.23 Å². The fraction of sp³-hybridized carbons (Fsp3) is 0.217. The average molecular weight is 371 g/mol. The molecule has 5 heteroatoms. The summed E-state index contributed by atoms with van der Waals surface area (Å²) in [5, 5.41) is 7.00. The van der Waals surface area contributed by atoms with E-state index >= 15 is 0 Å². The molecular formula is C23H21N3O2. The van der Waals surface area contributed by atoms with Crippen molar-refractivity contribution in [2.24, 2.45) is 5.10 Å². The summed E-state index contributed by atoms with van der Waals surface area (Å²) in [7, 11) is 0. The van der Waals surface area contributed by atoms with Crippen LogP contribution in [0.3, 0.4) is 0 Å². The zero-order valence-corrected chi connectivity index (χ0v) is 15.7. The number of fused-ring (bicyclic) bond motifs is 3. The number of hydrogen-bond acceptors (Lipinski definition) is 5. The van der Waals surface area contributed by atoms with Crippen LogP contribution in [0.2, 0.25) is 0 Å². The minimum absolute atomic E-state index is 0.0892. The molecule has 5 rings (SSSR count). The number of pyridine rings is 1. The van der Waals surface area contributed by atoms with Gasteiger partial charge in [0.05, 0.1) is 18.4 Å². The Morgan fingerprint density at radius 3 is 2.68 bits per heavy atom. The first-order valence-electron chi connectivity index (χ1n) is 9.59. The van der Waals surface area contributed by atoms with Gasteiger partial charge < -0.3 is 9.47 Å². The summed E-state index contributed by atoms with van der Waals surface area (Å²) in [4.78, 5) is 4.53. The van der Waals surface area contributed by atoms with Crippen LogP contribution in [-0.4, -0.2) is 22.3 Å². The van der Waals surface area contributed by atoms with E-state index in [4.69, 9.17) is 14.6 Å². The van der Waals surface area contributed by atoms with E-state index < -0.39 is 0 Å². The number of para-hydroxylation sites is 1. The van der Waals surface area contributed by atoms with Crippen molar-refractivity contribution in [1.29, 1.82) is 0 Å². The highest BCUT2D eigenvalue weighted by atomic mass is 16.5. The van der Waals surface area contributed by atoms with E-state index in [0.717, 1.165) is 40.5 Å². The molecule has 3 aromatic rings. The van der Waals surface area contributed by atoms with Crippen LogP contribution in [0.1, 0.15) is 42.4 Å². The number of rotatable bonds is 4. The number of hydrazone groups is 1. The lowest BCUT2D eigenvalue weighted by molar-refractivity contribution is -0.0240. The van der Waals surface area contributed by atoms with Crippen LogP contribution < -0.4 is 9.47 Å². The van der Waals surface area contributed by atoms with Crippen molar-refractivity contribution in [3.63, 3.8) is 0 Å². The van der Waals surface area contributed by atoms with Crippen molar-refractivity contribution >= 4 is 5.71 Å². The van der Waals surface area contributed by atoms with Gasteiger partial charge in [0.25, 0.3) is 0 Å². The number of nitrogens with zero attached hydrogens (tertiary/aromatic N) is 3. The van der Waals surface area contributed by atoms with E-state index in [-0.39, 0.29) is 12.3 Å². The lowest BCUT2D eigenvalue weighted by Crippen LogP contribution is -2.34. The molecule has 0 fully saturated rings. The predicted molar refractivity (Wildman–Crippen MR) is 107 cm³/mol. The molecule has 2 aromatic carbocycles. The Morgan fingerprint density at radius 1 is 1.04 bits per heavy atom. The summed E-state index contributed by atoms with van der Waals surface area (Å²) in [6.07, 6.45) is 2.22. The Bertz CT molecular complexity index is 1000. The highest BCUT2D eigenvalue weighted by Crippen LogP contribution is 2.50. The van der Waals surface area contributed by atoms with Crippen LogP contribution in [0.15, 0.2) is 78.0 Å². The molecule has 2 aliphatic rings. The van der Waals surface area contributed by atoms with E-state index in [1.54, 1.807) is 6.20 Å². The number of hydrogen-bond donors (Lipinski definition) is 0. The largest absolute Gasteiger partial charge is 0.490 e. The fourth-order valence-electron chi connectivity index (χ4n) is 3.88. The molecule has 28 heavy (non-hydrogen) atoms. The Balaban J connectivity index is 1.62. The molecule has 5 nitrogen and oxygen atoms in total. The smallest absolute Gasteiger partial charge is 0.230 e. The summed E-state index contributed by atoms with van der Waals surface area (Å²) in [6.45, 7) is 2.57. The monoisotopic (exact) mass is 371 g/mol. The van der Waals surface area contributed by atoms with Gasteiger partial charge in [-0.25, -0.2) is 5.01 Å². The lowest BCUT2D eigenvalue weighted by Gasteiger charge is -2.38.